The summed E-state index contributed by atoms with van der Waals surface area (Å²) in [6, 6.07) is 0. The van der Waals surface area contributed by atoms with Gasteiger partial charge in [0, 0.05) is 6.92 Å². The van der Waals surface area contributed by atoms with E-state index >= 15 is 0 Å². The summed E-state index contributed by atoms with van der Waals surface area (Å²) >= 11 is 0. The highest BCUT2D eigenvalue weighted by Crippen LogP contribution is 2.14. The molecule has 0 aliphatic rings. The average Bonchev–Trinajstić information content (AvgIpc) is 2.15. The molecule has 0 amide bonds. The summed E-state index contributed by atoms with van der Waals surface area (Å²) in [5.74, 6) is 0.693. The third-order valence-corrected chi connectivity index (χ3v) is 2.87. The second kappa shape index (κ2) is 8.75. The zero-order chi connectivity index (χ0) is 11.7. The minimum atomic E-state index is -0.165. The number of hydrogen-bond donors (Lipinski definition) is 0. The molecule has 90 valence electrons. The quantitative estimate of drug-likeness (QED) is 0.452. The molecule has 2 heteroatoms. The number of hydrogen-bond acceptors (Lipinski definition) is 2. The molecule has 0 radical (unpaired) electrons. The fourth-order valence-electron chi connectivity index (χ4n) is 1.65. The van der Waals surface area contributed by atoms with Crippen molar-refractivity contribution in [3.05, 3.63) is 0 Å². The predicted octanol–water partition coefficient (Wildman–Crippen LogP) is 3.93. The molecule has 0 aliphatic heterocycles. The first-order valence-electron chi connectivity index (χ1n) is 6.23. The van der Waals surface area contributed by atoms with Gasteiger partial charge in [0.05, 0.1) is 6.10 Å². The van der Waals surface area contributed by atoms with Crippen molar-refractivity contribution in [2.75, 3.05) is 0 Å². The van der Waals surface area contributed by atoms with Crippen molar-refractivity contribution in [2.24, 2.45) is 5.92 Å². The highest BCUT2D eigenvalue weighted by molar-refractivity contribution is 5.66. The van der Waals surface area contributed by atoms with Crippen LogP contribution in [-0.2, 0) is 9.53 Å². The molecule has 0 aromatic rings. The molecule has 0 rings (SSSR count). The zero-order valence-electron chi connectivity index (χ0n) is 10.7. The van der Waals surface area contributed by atoms with Crippen LogP contribution in [0.15, 0.2) is 0 Å². The van der Waals surface area contributed by atoms with E-state index < -0.39 is 0 Å². The van der Waals surface area contributed by atoms with E-state index in [0.29, 0.717) is 0 Å². The lowest BCUT2D eigenvalue weighted by Gasteiger charge is -2.12. The summed E-state index contributed by atoms with van der Waals surface area (Å²) < 4.78 is 5.06. The fraction of sp³-hybridized carbons (Fsp3) is 0.923. The molecule has 0 heterocycles. The molecule has 15 heavy (non-hydrogen) atoms. The second-order valence-electron chi connectivity index (χ2n) is 4.57. The van der Waals surface area contributed by atoms with Crippen LogP contribution >= 0.6 is 0 Å². The lowest BCUT2D eigenvalue weighted by Crippen LogP contribution is -2.11. The molecule has 0 aromatic carbocycles. The minimum absolute atomic E-state index is 0.0890. The Kier molecular flexibility index (Phi) is 8.44. The topological polar surface area (TPSA) is 26.3 Å². The maximum atomic E-state index is 10.6. The van der Waals surface area contributed by atoms with Crippen molar-refractivity contribution in [1.29, 1.82) is 0 Å². The van der Waals surface area contributed by atoms with E-state index in [2.05, 4.69) is 13.8 Å². The van der Waals surface area contributed by atoms with Gasteiger partial charge < -0.3 is 4.74 Å². The van der Waals surface area contributed by atoms with E-state index in [-0.39, 0.29) is 12.1 Å². The maximum Gasteiger partial charge on any atom is 0.302 e. The summed E-state index contributed by atoms with van der Waals surface area (Å²) in [6.45, 7) is 7.99. The van der Waals surface area contributed by atoms with Crippen molar-refractivity contribution in [2.45, 2.75) is 72.3 Å². The van der Waals surface area contributed by atoms with Crippen molar-refractivity contribution in [3.8, 4) is 0 Å². The lowest BCUT2D eigenvalue weighted by atomic mass is 10.00. The number of esters is 1. The third kappa shape index (κ3) is 9.77. The Labute approximate surface area is 94.4 Å². The van der Waals surface area contributed by atoms with Crippen LogP contribution in [0.2, 0.25) is 0 Å². The molecule has 0 saturated heterocycles. The molecule has 2 atom stereocenters. The van der Waals surface area contributed by atoms with Gasteiger partial charge in [-0.25, -0.2) is 0 Å². The van der Waals surface area contributed by atoms with Gasteiger partial charge in [0.1, 0.15) is 0 Å². The monoisotopic (exact) mass is 214 g/mol. The van der Waals surface area contributed by atoms with Gasteiger partial charge in [-0.05, 0) is 25.7 Å². The van der Waals surface area contributed by atoms with Crippen molar-refractivity contribution >= 4 is 5.97 Å². The van der Waals surface area contributed by atoms with Crippen LogP contribution in [0.1, 0.15) is 66.2 Å². The van der Waals surface area contributed by atoms with E-state index in [1.54, 1.807) is 0 Å². The Balaban J connectivity index is 3.27. The molecule has 0 fully saturated rings. The summed E-state index contributed by atoms with van der Waals surface area (Å²) in [4.78, 5) is 10.6. The average molecular weight is 214 g/mol. The van der Waals surface area contributed by atoms with E-state index in [1.807, 2.05) is 6.92 Å². The van der Waals surface area contributed by atoms with Gasteiger partial charge in [0.2, 0.25) is 0 Å². The van der Waals surface area contributed by atoms with Crippen LogP contribution in [0, 0.1) is 5.92 Å². The Bertz CT molecular complexity index is 166. The molecular formula is C13H26O2. The van der Waals surface area contributed by atoms with Gasteiger partial charge in [-0.1, -0.05) is 39.5 Å². The van der Waals surface area contributed by atoms with E-state index in [0.717, 1.165) is 12.3 Å². The standard InChI is InChI=1S/C13H26O2/c1-5-11(2)9-7-6-8-10-12(3)15-13(4)14/h11-12H,5-10H2,1-4H3/t11-,12+/m1/s1. The molecule has 0 spiro atoms. The largest absolute Gasteiger partial charge is 0.463 e. The Morgan fingerprint density at radius 3 is 2.27 bits per heavy atom. The highest BCUT2D eigenvalue weighted by Gasteiger charge is 2.04. The van der Waals surface area contributed by atoms with Gasteiger partial charge in [0.15, 0.2) is 0 Å². The molecule has 0 N–H and O–H groups in total. The third-order valence-electron chi connectivity index (χ3n) is 2.87. The van der Waals surface area contributed by atoms with Gasteiger partial charge >= 0.3 is 5.97 Å². The molecule has 0 aromatic heterocycles. The predicted molar refractivity (Wildman–Crippen MR) is 63.8 cm³/mol. The minimum Gasteiger partial charge on any atom is -0.463 e. The number of unbranched alkanes of at least 4 members (excludes halogenated alkanes) is 2. The van der Waals surface area contributed by atoms with Gasteiger partial charge in [-0.15, -0.1) is 0 Å². The molecule has 0 aliphatic carbocycles. The van der Waals surface area contributed by atoms with Crippen LogP contribution < -0.4 is 0 Å². The molecular weight excluding hydrogens is 188 g/mol. The SMILES string of the molecule is CC[C@@H](C)CCCCC[C@H](C)OC(C)=O. The molecule has 0 unspecified atom stereocenters. The summed E-state index contributed by atoms with van der Waals surface area (Å²) in [7, 11) is 0. The fourth-order valence-corrected chi connectivity index (χ4v) is 1.65. The smallest absolute Gasteiger partial charge is 0.302 e. The van der Waals surface area contributed by atoms with Gasteiger partial charge in [0.25, 0.3) is 0 Å². The molecule has 2 nitrogen and oxygen atoms in total. The lowest BCUT2D eigenvalue weighted by molar-refractivity contribution is -0.145. The van der Waals surface area contributed by atoms with Crippen LogP contribution in [0.25, 0.3) is 0 Å². The number of carbonyl (C=O) groups is 1. The Morgan fingerprint density at radius 2 is 1.73 bits per heavy atom. The summed E-state index contributed by atoms with van der Waals surface area (Å²) in [5.41, 5.74) is 0. The maximum absolute atomic E-state index is 10.6. The van der Waals surface area contributed by atoms with Crippen LogP contribution in [0.5, 0.6) is 0 Å². The number of ether oxygens (including phenoxy) is 1. The Morgan fingerprint density at radius 1 is 1.13 bits per heavy atom. The second-order valence-corrected chi connectivity index (χ2v) is 4.57. The van der Waals surface area contributed by atoms with Crippen molar-refractivity contribution < 1.29 is 9.53 Å². The first kappa shape index (κ1) is 14.5. The van der Waals surface area contributed by atoms with Crippen LogP contribution in [0.3, 0.4) is 0 Å². The van der Waals surface area contributed by atoms with Crippen molar-refractivity contribution in [3.63, 3.8) is 0 Å². The van der Waals surface area contributed by atoms with Crippen LogP contribution in [0.4, 0.5) is 0 Å². The Hall–Kier alpha value is -0.530. The van der Waals surface area contributed by atoms with Gasteiger partial charge in [-0.2, -0.15) is 0 Å². The van der Waals surface area contributed by atoms with E-state index in [4.69, 9.17) is 4.74 Å². The summed E-state index contributed by atoms with van der Waals surface area (Å²) in [5, 5.41) is 0. The number of rotatable bonds is 8. The molecule has 0 saturated carbocycles. The first-order valence-corrected chi connectivity index (χ1v) is 6.23. The van der Waals surface area contributed by atoms with E-state index in [9.17, 15) is 4.79 Å². The first-order chi connectivity index (χ1) is 7.06. The van der Waals surface area contributed by atoms with Crippen LogP contribution in [-0.4, -0.2) is 12.1 Å². The van der Waals surface area contributed by atoms with Gasteiger partial charge in [-0.3, -0.25) is 4.79 Å². The van der Waals surface area contributed by atoms with Crippen molar-refractivity contribution in [1.82, 2.24) is 0 Å². The number of carbonyl (C=O) groups excluding carboxylic acids is 1. The zero-order valence-corrected chi connectivity index (χ0v) is 10.7. The highest BCUT2D eigenvalue weighted by atomic mass is 16.5. The molecule has 0 bridgehead atoms. The van der Waals surface area contributed by atoms with E-state index in [1.165, 1.54) is 39.0 Å². The normalized spacial score (nSPS) is 14.7. The summed E-state index contributed by atoms with van der Waals surface area (Å²) in [6.07, 6.45) is 7.44.